The van der Waals surface area contributed by atoms with E-state index in [1.165, 1.54) is 61.6 Å². The zero-order valence-corrected chi connectivity index (χ0v) is 19.5. The van der Waals surface area contributed by atoms with Gasteiger partial charge in [0.1, 0.15) is 5.75 Å². The van der Waals surface area contributed by atoms with Crippen molar-refractivity contribution in [2.75, 3.05) is 0 Å². The second kappa shape index (κ2) is 11.2. The second-order valence-electron chi connectivity index (χ2n) is 9.22. The standard InChI is InChI=1S/C30H38O/c1-4-5-6-7-8-9-11-17-24-18-14-15-21-26(24)27-22-16-23-28(31)29(27)30(2,3)25-19-12-10-13-20-25/h10,12-16,18-23,31H,4-9,11,17H2,1-3H3. The summed E-state index contributed by atoms with van der Waals surface area (Å²) in [5, 5.41) is 11.0. The fourth-order valence-electron chi connectivity index (χ4n) is 4.69. The topological polar surface area (TPSA) is 20.2 Å². The van der Waals surface area contributed by atoms with Gasteiger partial charge >= 0.3 is 0 Å². The quantitative estimate of drug-likeness (QED) is 0.311. The van der Waals surface area contributed by atoms with Crippen molar-refractivity contribution in [3.63, 3.8) is 0 Å². The SMILES string of the molecule is CCCCCCCCCc1ccccc1-c1cccc(O)c1C(C)(C)c1ccccc1. The molecule has 164 valence electrons. The number of aryl methyl sites for hydroxylation is 1. The van der Waals surface area contributed by atoms with Gasteiger partial charge in [0, 0.05) is 11.0 Å². The number of rotatable bonds is 11. The average Bonchev–Trinajstić information content (AvgIpc) is 2.79. The summed E-state index contributed by atoms with van der Waals surface area (Å²) < 4.78 is 0. The predicted molar refractivity (Wildman–Crippen MR) is 134 cm³/mol. The van der Waals surface area contributed by atoms with Gasteiger partial charge in [-0.1, -0.05) is 126 Å². The Morgan fingerprint density at radius 2 is 1.26 bits per heavy atom. The Bertz CT molecular complexity index is 940. The van der Waals surface area contributed by atoms with E-state index in [-0.39, 0.29) is 5.41 Å². The number of unbranched alkanes of at least 4 members (excludes halogenated alkanes) is 6. The molecule has 0 radical (unpaired) electrons. The molecule has 3 aromatic carbocycles. The summed E-state index contributed by atoms with van der Waals surface area (Å²) in [6.07, 6.45) is 10.3. The minimum atomic E-state index is -0.297. The monoisotopic (exact) mass is 414 g/mol. The molecular weight excluding hydrogens is 376 g/mol. The third kappa shape index (κ3) is 5.79. The highest BCUT2D eigenvalue weighted by molar-refractivity contribution is 5.75. The van der Waals surface area contributed by atoms with Gasteiger partial charge < -0.3 is 5.11 Å². The highest BCUT2D eigenvalue weighted by atomic mass is 16.3. The Morgan fingerprint density at radius 3 is 2.00 bits per heavy atom. The number of benzene rings is 3. The summed E-state index contributed by atoms with van der Waals surface area (Å²) >= 11 is 0. The molecule has 0 spiro atoms. The molecule has 31 heavy (non-hydrogen) atoms. The van der Waals surface area contributed by atoms with E-state index in [2.05, 4.69) is 75.4 Å². The van der Waals surface area contributed by atoms with E-state index in [1.54, 1.807) is 0 Å². The number of aromatic hydroxyl groups is 1. The molecule has 1 nitrogen and oxygen atoms in total. The van der Waals surface area contributed by atoms with Crippen LogP contribution in [0.4, 0.5) is 0 Å². The van der Waals surface area contributed by atoms with Crippen LogP contribution in [0.3, 0.4) is 0 Å². The normalized spacial score (nSPS) is 11.6. The van der Waals surface area contributed by atoms with Crippen molar-refractivity contribution in [1.82, 2.24) is 0 Å². The predicted octanol–water partition coefficient (Wildman–Crippen LogP) is 8.68. The van der Waals surface area contributed by atoms with Crippen molar-refractivity contribution in [3.8, 4) is 16.9 Å². The maximum atomic E-state index is 11.0. The summed E-state index contributed by atoms with van der Waals surface area (Å²) in [5.74, 6) is 0.372. The molecule has 0 aliphatic carbocycles. The van der Waals surface area contributed by atoms with Crippen LogP contribution in [0.2, 0.25) is 0 Å². The maximum Gasteiger partial charge on any atom is 0.120 e. The third-order valence-corrected chi connectivity index (χ3v) is 6.52. The maximum absolute atomic E-state index is 11.0. The van der Waals surface area contributed by atoms with Gasteiger partial charge in [0.15, 0.2) is 0 Å². The van der Waals surface area contributed by atoms with Crippen molar-refractivity contribution in [3.05, 3.63) is 89.5 Å². The zero-order chi connectivity index (χ0) is 22.1. The summed E-state index contributed by atoms with van der Waals surface area (Å²) in [5.41, 5.74) is 5.70. The van der Waals surface area contributed by atoms with Gasteiger partial charge in [0.25, 0.3) is 0 Å². The number of hydrogen-bond donors (Lipinski definition) is 1. The molecular formula is C30H38O. The molecule has 0 amide bonds. The van der Waals surface area contributed by atoms with Crippen LogP contribution in [0.15, 0.2) is 72.8 Å². The fraction of sp³-hybridized carbons (Fsp3) is 0.400. The molecule has 0 aliphatic heterocycles. The molecule has 0 saturated heterocycles. The first-order valence-corrected chi connectivity index (χ1v) is 12.0. The van der Waals surface area contributed by atoms with Crippen LogP contribution in [-0.2, 0) is 11.8 Å². The van der Waals surface area contributed by atoms with E-state index in [4.69, 9.17) is 0 Å². The van der Waals surface area contributed by atoms with Crippen molar-refractivity contribution < 1.29 is 5.11 Å². The van der Waals surface area contributed by atoms with E-state index >= 15 is 0 Å². The number of phenols is 1. The molecule has 1 N–H and O–H groups in total. The van der Waals surface area contributed by atoms with E-state index in [9.17, 15) is 5.11 Å². The van der Waals surface area contributed by atoms with Gasteiger partial charge in [-0.05, 0) is 41.2 Å². The lowest BCUT2D eigenvalue weighted by Crippen LogP contribution is -2.20. The Hall–Kier alpha value is -2.54. The summed E-state index contributed by atoms with van der Waals surface area (Å²) in [6, 6.07) is 25.2. The Morgan fingerprint density at radius 1 is 0.645 bits per heavy atom. The first-order valence-electron chi connectivity index (χ1n) is 12.0. The minimum absolute atomic E-state index is 0.297. The van der Waals surface area contributed by atoms with Crippen molar-refractivity contribution in [2.24, 2.45) is 0 Å². The van der Waals surface area contributed by atoms with Gasteiger partial charge in [-0.2, -0.15) is 0 Å². The van der Waals surface area contributed by atoms with Crippen LogP contribution in [0.25, 0.3) is 11.1 Å². The van der Waals surface area contributed by atoms with Crippen LogP contribution < -0.4 is 0 Å². The fourth-order valence-corrected chi connectivity index (χ4v) is 4.69. The molecule has 0 aromatic heterocycles. The van der Waals surface area contributed by atoms with E-state index in [0.717, 1.165) is 17.5 Å². The minimum Gasteiger partial charge on any atom is -0.508 e. The summed E-state index contributed by atoms with van der Waals surface area (Å²) in [4.78, 5) is 0. The van der Waals surface area contributed by atoms with E-state index < -0.39 is 0 Å². The van der Waals surface area contributed by atoms with Gasteiger partial charge in [0.05, 0.1) is 0 Å². The highest BCUT2D eigenvalue weighted by Crippen LogP contribution is 2.43. The lowest BCUT2D eigenvalue weighted by molar-refractivity contribution is 0.454. The van der Waals surface area contributed by atoms with Gasteiger partial charge in [0.2, 0.25) is 0 Å². The molecule has 1 heteroatoms. The molecule has 0 fully saturated rings. The summed E-state index contributed by atoms with van der Waals surface area (Å²) in [6.45, 7) is 6.69. The molecule has 0 heterocycles. The lowest BCUT2D eigenvalue weighted by Gasteiger charge is -2.30. The van der Waals surface area contributed by atoms with Crippen LogP contribution >= 0.6 is 0 Å². The zero-order valence-electron chi connectivity index (χ0n) is 19.5. The Labute approximate surface area is 189 Å². The van der Waals surface area contributed by atoms with Crippen molar-refractivity contribution in [1.29, 1.82) is 0 Å². The first kappa shape index (κ1) is 23.1. The number of hydrogen-bond acceptors (Lipinski definition) is 1. The van der Waals surface area contributed by atoms with Crippen molar-refractivity contribution in [2.45, 2.75) is 77.6 Å². The number of phenolic OH excluding ortho intramolecular Hbond substituents is 1. The first-order chi connectivity index (χ1) is 15.1. The Kier molecular flexibility index (Phi) is 8.35. The largest absolute Gasteiger partial charge is 0.508 e. The molecule has 3 aromatic rings. The summed E-state index contributed by atoms with van der Waals surface area (Å²) in [7, 11) is 0. The molecule has 0 aliphatic rings. The Balaban J connectivity index is 1.87. The van der Waals surface area contributed by atoms with Crippen LogP contribution in [-0.4, -0.2) is 5.11 Å². The smallest absolute Gasteiger partial charge is 0.120 e. The second-order valence-corrected chi connectivity index (χ2v) is 9.22. The average molecular weight is 415 g/mol. The van der Waals surface area contributed by atoms with Gasteiger partial charge in [-0.25, -0.2) is 0 Å². The van der Waals surface area contributed by atoms with Crippen LogP contribution in [0.5, 0.6) is 5.75 Å². The highest BCUT2D eigenvalue weighted by Gasteiger charge is 2.29. The molecule has 0 bridgehead atoms. The molecule has 3 rings (SSSR count). The third-order valence-electron chi connectivity index (χ3n) is 6.52. The lowest BCUT2D eigenvalue weighted by atomic mass is 9.74. The van der Waals surface area contributed by atoms with Crippen molar-refractivity contribution >= 4 is 0 Å². The van der Waals surface area contributed by atoms with E-state index in [0.29, 0.717) is 5.75 Å². The van der Waals surface area contributed by atoms with Gasteiger partial charge in [-0.3, -0.25) is 0 Å². The van der Waals surface area contributed by atoms with E-state index in [1.807, 2.05) is 18.2 Å². The molecule has 0 unspecified atom stereocenters. The van der Waals surface area contributed by atoms with Crippen LogP contribution in [0, 0.1) is 0 Å². The van der Waals surface area contributed by atoms with Crippen LogP contribution in [0.1, 0.15) is 82.4 Å². The molecule has 0 atom stereocenters. The van der Waals surface area contributed by atoms with Gasteiger partial charge in [-0.15, -0.1) is 0 Å². The molecule has 0 saturated carbocycles.